The third-order valence-corrected chi connectivity index (χ3v) is 2.72. The summed E-state index contributed by atoms with van der Waals surface area (Å²) >= 11 is 0. The number of carbonyl (C=O) groups is 2. The van der Waals surface area contributed by atoms with Gasteiger partial charge in [0.2, 0.25) is 17.2 Å². The topological polar surface area (TPSA) is 74.6 Å². The zero-order valence-corrected chi connectivity index (χ0v) is 8.15. The third kappa shape index (κ3) is 1.09. The molecule has 1 aliphatic carbocycles. The highest BCUT2D eigenvalue weighted by molar-refractivity contribution is 6.32. The molecule has 1 unspecified atom stereocenters. The molecule has 0 aromatic heterocycles. The van der Waals surface area contributed by atoms with Gasteiger partial charge in [-0.05, 0) is 12.5 Å². The number of aliphatic hydroxyl groups is 2. The Morgan fingerprint density at radius 1 is 1.27 bits per heavy atom. The van der Waals surface area contributed by atoms with Gasteiger partial charge >= 0.3 is 0 Å². The molecule has 1 aliphatic rings. The van der Waals surface area contributed by atoms with Gasteiger partial charge in [-0.3, -0.25) is 9.59 Å². The Labute approximate surface area is 86.2 Å². The second kappa shape index (κ2) is 2.98. The van der Waals surface area contributed by atoms with Crippen LogP contribution in [-0.4, -0.2) is 34.0 Å². The van der Waals surface area contributed by atoms with Crippen LogP contribution in [0.4, 0.5) is 0 Å². The minimum atomic E-state index is -2.27. The minimum absolute atomic E-state index is 0.191. The largest absolute Gasteiger partial charge is 0.392 e. The Morgan fingerprint density at radius 3 is 2.47 bits per heavy atom. The number of hydrogen-bond acceptors (Lipinski definition) is 4. The van der Waals surface area contributed by atoms with Crippen LogP contribution in [0.3, 0.4) is 0 Å². The Kier molecular flexibility index (Phi) is 1.99. The summed E-state index contributed by atoms with van der Waals surface area (Å²) in [4.78, 5) is 23.4. The molecule has 0 saturated carbocycles. The first-order valence-corrected chi connectivity index (χ1v) is 4.55. The van der Waals surface area contributed by atoms with Crippen LogP contribution in [0.15, 0.2) is 18.2 Å². The van der Waals surface area contributed by atoms with Crippen molar-refractivity contribution in [1.82, 2.24) is 0 Å². The number of rotatable bonds is 1. The zero-order valence-electron chi connectivity index (χ0n) is 8.15. The monoisotopic (exact) mass is 206 g/mol. The maximum atomic E-state index is 11.7. The summed E-state index contributed by atoms with van der Waals surface area (Å²) in [6.07, 6.45) is 0. The molecule has 78 valence electrons. The Bertz CT molecular complexity index is 464. The van der Waals surface area contributed by atoms with Crippen molar-refractivity contribution in [2.45, 2.75) is 12.5 Å². The molecule has 0 heterocycles. The highest BCUT2D eigenvalue weighted by atomic mass is 16.4. The summed E-state index contributed by atoms with van der Waals surface area (Å²) < 4.78 is 0. The lowest BCUT2D eigenvalue weighted by Crippen LogP contribution is -2.44. The SMILES string of the molecule is Cc1cccc2c1C(=O)C(O)(CO)C2=O. The molecule has 15 heavy (non-hydrogen) atoms. The van der Waals surface area contributed by atoms with Gasteiger partial charge in [-0.2, -0.15) is 0 Å². The lowest BCUT2D eigenvalue weighted by atomic mass is 9.99. The Hall–Kier alpha value is -1.52. The van der Waals surface area contributed by atoms with E-state index in [1.807, 2.05) is 0 Å². The van der Waals surface area contributed by atoms with Crippen LogP contribution in [0, 0.1) is 6.92 Å². The van der Waals surface area contributed by atoms with E-state index in [0.29, 0.717) is 5.56 Å². The molecule has 1 aromatic carbocycles. The second-order valence-electron chi connectivity index (χ2n) is 3.67. The predicted octanol–water partition coefficient (Wildman–Crippen LogP) is 0.0974. The number of hydrogen-bond donors (Lipinski definition) is 2. The smallest absolute Gasteiger partial charge is 0.213 e. The fraction of sp³-hybridized carbons (Fsp3) is 0.273. The number of aryl methyl sites for hydroxylation is 1. The molecule has 0 bridgehead atoms. The van der Waals surface area contributed by atoms with Crippen LogP contribution in [0.25, 0.3) is 0 Å². The van der Waals surface area contributed by atoms with E-state index in [0.717, 1.165) is 0 Å². The fourth-order valence-corrected chi connectivity index (χ4v) is 1.83. The molecule has 4 heteroatoms. The van der Waals surface area contributed by atoms with Crippen LogP contribution >= 0.6 is 0 Å². The lowest BCUT2D eigenvalue weighted by molar-refractivity contribution is 0.00998. The van der Waals surface area contributed by atoms with E-state index in [1.54, 1.807) is 19.1 Å². The molecule has 0 fully saturated rings. The van der Waals surface area contributed by atoms with Gasteiger partial charge in [0, 0.05) is 11.1 Å². The number of fused-ring (bicyclic) bond motifs is 1. The Morgan fingerprint density at radius 2 is 1.93 bits per heavy atom. The van der Waals surface area contributed by atoms with Crippen molar-refractivity contribution < 1.29 is 19.8 Å². The molecule has 1 aromatic rings. The molecule has 0 saturated heterocycles. The van der Waals surface area contributed by atoms with E-state index >= 15 is 0 Å². The highest BCUT2D eigenvalue weighted by Crippen LogP contribution is 2.31. The first-order chi connectivity index (χ1) is 7.02. The molecular formula is C11H10O4. The average Bonchev–Trinajstić information content (AvgIpc) is 2.43. The lowest BCUT2D eigenvalue weighted by Gasteiger charge is -2.14. The number of Topliss-reactive ketones (excluding diaryl/α,β-unsaturated/α-hetero) is 2. The van der Waals surface area contributed by atoms with Gasteiger partial charge in [-0.1, -0.05) is 18.2 Å². The van der Waals surface area contributed by atoms with Crippen molar-refractivity contribution in [3.05, 3.63) is 34.9 Å². The summed E-state index contributed by atoms with van der Waals surface area (Å²) in [5.41, 5.74) is -1.22. The van der Waals surface area contributed by atoms with E-state index in [4.69, 9.17) is 5.11 Å². The van der Waals surface area contributed by atoms with E-state index in [-0.39, 0.29) is 11.1 Å². The number of benzene rings is 1. The molecule has 0 radical (unpaired) electrons. The molecule has 4 nitrogen and oxygen atoms in total. The maximum Gasteiger partial charge on any atom is 0.213 e. The van der Waals surface area contributed by atoms with Gasteiger partial charge in [-0.25, -0.2) is 0 Å². The van der Waals surface area contributed by atoms with Crippen LogP contribution in [0.1, 0.15) is 26.3 Å². The highest BCUT2D eigenvalue weighted by Gasteiger charge is 2.51. The number of ketones is 2. The van der Waals surface area contributed by atoms with Crippen LogP contribution in [0.5, 0.6) is 0 Å². The van der Waals surface area contributed by atoms with Crippen molar-refractivity contribution in [2.75, 3.05) is 6.61 Å². The van der Waals surface area contributed by atoms with E-state index in [9.17, 15) is 14.7 Å². The number of aliphatic hydroxyl groups excluding tert-OH is 1. The normalized spacial score (nSPS) is 24.5. The average molecular weight is 206 g/mol. The maximum absolute atomic E-state index is 11.7. The van der Waals surface area contributed by atoms with Gasteiger partial charge in [0.05, 0.1) is 6.61 Å². The van der Waals surface area contributed by atoms with Crippen LogP contribution < -0.4 is 0 Å². The quantitative estimate of drug-likeness (QED) is 0.639. The summed E-state index contributed by atoms with van der Waals surface area (Å²) in [5, 5.41) is 18.7. The molecule has 0 spiro atoms. The summed E-state index contributed by atoms with van der Waals surface area (Å²) in [6, 6.07) is 4.81. The van der Waals surface area contributed by atoms with E-state index < -0.39 is 23.8 Å². The van der Waals surface area contributed by atoms with Gasteiger partial charge in [-0.15, -0.1) is 0 Å². The summed E-state index contributed by atoms with van der Waals surface area (Å²) in [6.45, 7) is 0.811. The molecule has 2 N–H and O–H groups in total. The zero-order chi connectivity index (χ0) is 11.2. The van der Waals surface area contributed by atoms with Crippen molar-refractivity contribution in [2.24, 2.45) is 0 Å². The molecule has 0 amide bonds. The second-order valence-corrected chi connectivity index (χ2v) is 3.67. The van der Waals surface area contributed by atoms with Crippen molar-refractivity contribution >= 4 is 11.6 Å². The van der Waals surface area contributed by atoms with Gasteiger partial charge in [0.1, 0.15) is 0 Å². The van der Waals surface area contributed by atoms with Crippen LogP contribution in [-0.2, 0) is 0 Å². The molecule has 1 atom stereocenters. The summed E-state index contributed by atoms with van der Waals surface area (Å²) in [5.74, 6) is -1.42. The first-order valence-electron chi connectivity index (χ1n) is 4.55. The Balaban J connectivity index is 2.72. The van der Waals surface area contributed by atoms with Crippen LogP contribution in [0.2, 0.25) is 0 Å². The molecule has 2 rings (SSSR count). The standard InChI is InChI=1S/C11H10O4/c1-6-3-2-4-7-8(6)10(14)11(15,5-12)9(7)13/h2-4,12,15H,5H2,1H3. The number of carbonyl (C=O) groups excluding carboxylic acids is 2. The first kappa shape index (κ1) is 10.0. The summed E-state index contributed by atoms with van der Waals surface area (Å²) in [7, 11) is 0. The molecular weight excluding hydrogens is 196 g/mol. The fourth-order valence-electron chi connectivity index (χ4n) is 1.83. The van der Waals surface area contributed by atoms with E-state index in [2.05, 4.69) is 0 Å². The van der Waals surface area contributed by atoms with Crippen molar-refractivity contribution in [3.63, 3.8) is 0 Å². The van der Waals surface area contributed by atoms with E-state index in [1.165, 1.54) is 6.07 Å². The van der Waals surface area contributed by atoms with Gasteiger partial charge in [0.15, 0.2) is 0 Å². The van der Waals surface area contributed by atoms with Gasteiger partial charge in [0.25, 0.3) is 0 Å². The van der Waals surface area contributed by atoms with Crippen molar-refractivity contribution in [3.8, 4) is 0 Å². The van der Waals surface area contributed by atoms with Crippen molar-refractivity contribution in [1.29, 1.82) is 0 Å². The third-order valence-electron chi connectivity index (χ3n) is 2.72. The predicted molar refractivity (Wildman–Crippen MR) is 51.9 cm³/mol. The van der Waals surface area contributed by atoms with Gasteiger partial charge < -0.3 is 10.2 Å². The minimum Gasteiger partial charge on any atom is -0.392 e. The molecule has 0 aliphatic heterocycles.